The molecule has 1 aromatic rings. The molecule has 0 radical (unpaired) electrons. The highest BCUT2D eigenvalue weighted by molar-refractivity contribution is 14.1. The molecule has 72 valence electrons. The van der Waals surface area contributed by atoms with E-state index in [9.17, 15) is 0 Å². The van der Waals surface area contributed by atoms with Crippen LogP contribution in [0.25, 0.3) is 0 Å². The van der Waals surface area contributed by atoms with Gasteiger partial charge in [0.1, 0.15) is 0 Å². The van der Waals surface area contributed by atoms with Crippen molar-refractivity contribution in [1.82, 2.24) is 0 Å². The predicted molar refractivity (Wildman–Crippen MR) is 64.1 cm³/mol. The molecule has 0 aliphatic heterocycles. The number of halogens is 1. The van der Waals surface area contributed by atoms with E-state index in [0.29, 0.717) is 6.04 Å². The van der Waals surface area contributed by atoms with Gasteiger partial charge in [-0.25, -0.2) is 0 Å². The van der Waals surface area contributed by atoms with Crippen molar-refractivity contribution in [3.63, 3.8) is 0 Å². The lowest BCUT2D eigenvalue weighted by Gasteiger charge is -2.15. The second-order valence-electron chi connectivity index (χ2n) is 2.98. The highest BCUT2D eigenvalue weighted by Gasteiger charge is 2.02. The Labute approximate surface area is 92.8 Å². The number of ether oxygens (including phenoxy) is 1. The van der Waals surface area contributed by atoms with Crippen LogP contribution >= 0.6 is 22.6 Å². The molecule has 0 fully saturated rings. The highest BCUT2D eigenvalue weighted by Crippen LogP contribution is 2.17. The summed E-state index contributed by atoms with van der Waals surface area (Å²) in [6, 6.07) is 8.58. The molecule has 1 N–H and O–H groups in total. The average molecular weight is 291 g/mol. The lowest BCUT2D eigenvalue weighted by atomic mass is 10.3. The Hall–Kier alpha value is -0.290. The quantitative estimate of drug-likeness (QED) is 0.861. The van der Waals surface area contributed by atoms with Gasteiger partial charge in [0.25, 0.3) is 0 Å². The van der Waals surface area contributed by atoms with Crippen molar-refractivity contribution >= 4 is 28.3 Å². The molecule has 0 saturated carbocycles. The Balaban J connectivity index is 2.58. The molecule has 0 spiro atoms. The number of nitrogens with one attached hydrogen (secondary N) is 1. The number of hydrogen-bond donors (Lipinski definition) is 1. The Morgan fingerprint density at radius 1 is 1.46 bits per heavy atom. The van der Waals surface area contributed by atoms with E-state index in [1.807, 2.05) is 12.1 Å². The van der Waals surface area contributed by atoms with Crippen LogP contribution in [0.3, 0.4) is 0 Å². The molecule has 1 rings (SSSR count). The number of rotatable bonds is 4. The number of hydrogen-bond acceptors (Lipinski definition) is 2. The van der Waals surface area contributed by atoms with Crippen molar-refractivity contribution in [1.29, 1.82) is 0 Å². The zero-order valence-electron chi connectivity index (χ0n) is 7.88. The van der Waals surface area contributed by atoms with E-state index in [1.54, 1.807) is 7.11 Å². The van der Waals surface area contributed by atoms with Crippen LogP contribution in [0.2, 0.25) is 0 Å². The normalized spacial score (nSPS) is 12.5. The first kappa shape index (κ1) is 10.8. The smallest absolute Gasteiger partial charge is 0.0661 e. The van der Waals surface area contributed by atoms with Crippen molar-refractivity contribution < 1.29 is 4.74 Å². The molecule has 1 atom stereocenters. The first-order chi connectivity index (χ1) is 6.24. The molecule has 0 amide bonds. The van der Waals surface area contributed by atoms with Gasteiger partial charge in [-0.2, -0.15) is 0 Å². The summed E-state index contributed by atoms with van der Waals surface area (Å²) in [5, 5.41) is 3.38. The molecule has 2 nitrogen and oxygen atoms in total. The van der Waals surface area contributed by atoms with E-state index in [-0.39, 0.29) is 0 Å². The van der Waals surface area contributed by atoms with E-state index in [2.05, 4.69) is 47.0 Å². The average Bonchev–Trinajstić information content (AvgIpc) is 2.09. The number of benzene rings is 1. The van der Waals surface area contributed by atoms with E-state index in [4.69, 9.17) is 4.74 Å². The number of para-hydroxylation sites is 1. The molecule has 0 heterocycles. The van der Waals surface area contributed by atoms with Crippen LogP contribution in [0.1, 0.15) is 6.92 Å². The largest absolute Gasteiger partial charge is 0.383 e. The second-order valence-corrected chi connectivity index (χ2v) is 4.14. The van der Waals surface area contributed by atoms with Gasteiger partial charge in [0, 0.05) is 22.4 Å². The van der Waals surface area contributed by atoms with Crippen molar-refractivity contribution in [3.05, 3.63) is 27.8 Å². The fourth-order valence-corrected chi connectivity index (χ4v) is 1.68. The maximum Gasteiger partial charge on any atom is 0.0661 e. The number of methoxy groups -OCH3 is 1. The van der Waals surface area contributed by atoms with E-state index >= 15 is 0 Å². The fraction of sp³-hybridized carbons (Fsp3) is 0.400. The maximum atomic E-state index is 5.05. The first-order valence-electron chi connectivity index (χ1n) is 4.24. The number of anilines is 1. The molecule has 0 aliphatic rings. The fourth-order valence-electron chi connectivity index (χ4n) is 1.14. The summed E-state index contributed by atoms with van der Waals surface area (Å²) in [4.78, 5) is 0. The van der Waals surface area contributed by atoms with Gasteiger partial charge in [-0.3, -0.25) is 0 Å². The summed E-state index contributed by atoms with van der Waals surface area (Å²) in [5.41, 5.74) is 1.17. The van der Waals surface area contributed by atoms with E-state index in [0.717, 1.165) is 6.61 Å². The monoisotopic (exact) mass is 291 g/mol. The van der Waals surface area contributed by atoms with Gasteiger partial charge in [0.05, 0.1) is 6.61 Å². The van der Waals surface area contributed by atoms with Gasteiger partial charge in [-0.1, -0.05) is 12.1 Å². The van der Waals surface area contributed by atoms with Gasteiger partial charge in [0.15, 0.2) is 0 Å². The van der Waals surface area contributed by atoms with Gasteiger partial charge >= 0.3 is 0 Å². The Morgan fingerprint density at radius 2 is 2.15 bits per heavy atom. The third-order valence-corrected chi connectivity index (χ3v) is 2.63. The van der Waals surface area contributed by atoms with E-state index in [1.165, 1.54) is 9.26 Å². The van der Waals surface area contributed by atoms with Crippen molar-refractivity contribution in [3.8, 4) is 0 Å². The highest BCUT2D eigenvalue weighted by atomic mass is 127. The summed E-state index contributed by atoms with van der Waals surface area (Å²) in [6.45, 7) is 2.83. The predicted octanol–water partition coefficient (Wildman–Crippen LogP) is 2.74. The van der Waals surface area contributed by atoms with Crippen molar-refractivity contribution in [2.45, 2.75) is 13.0 Å². The molecule has 0 bridgehead atoms. The van der Waals surface area contributed by atoms with Crippen LogP contribution in [0.4, 0.5) is 5.69 Å². The molecule has 0 aromatic heterocycles. The first-order valence-corrected chi connectivity index (χ1v) is 5.32. The van der Waals surface area contributed by atoms with Gasteiger partial charge < -0.3 is 10.1 Å². The summed E-state index contributed by atoms with van der Waals surface area (Å²) in [5.74, 6) is 0. The standard InChI is InChI=1S/C10H14INO/c1-8(7-13-2)12-10-6-4-3-5-9(10)11/h3-6,8,12H,7H2,1-2H3. The Morgan fingerprint density at radius 3 is 2.77 bits per heavy atom. The molecule has 1 unspecified atom stereocenters. The van der Waals surface area contributed by atoms with Crippen molar-refractivity contribution in [2.24, 2.45) is 0 Å². The zero-order valence-corrected chi connectivity index (χ0v) is 10.0. The van der Waals surface area contributed by atoms with Crippen LogP contribution in [-0.4, -0.2) is 19.8 Å². The second kappa shape index (κ2) is 5.44. The summed E-state index contributed by atoms with van der Waals surface area (Å²) in [7, 11) is 1.72. The molecule has 0 aliphatic carbocycles. The molecule has 3 heteroatoms. The van der Waals surface area contributed by atoms with Crippen LogP contribution in [-0.2, 0) is 4.74 Å². The lowest BCUT2D eigenvalue weighted by molar-refractivity contribution is 0.190. The SMILES string of the molecule is COCC(C)Nc1ccccc1I. The van der Waals surface area contributed by atoms with Gasteiger partial charge in [-0.15, -0.1) is 0 Å². The molecule has 1 aromatic carbocycles. The molecular weight excluding hydrogens is 277 g/mol. The van der Waals surface area contributed by atoms with Crippen LogP contribution < -0.4 is 5.32 Å². The minimum atomic E-state index is 0.348. The van der Waals surface area contributed by atoms with Gasteiger partial charge in [0.2, 0.25) is 0 Å². The molecular formula is C10H14INO. The van der Waals surface area contributed by atoms with Crippen molar-refractivity contribution in [2.75, 3.05) is 19.0 Å². The van der Waals surface area contributed by atoms with Gasteiger partial charge in [-0.05, 0) is 41.6 Å². The molecule has 0 saturated heterocycles. The summed E-state index contributed by atoms with van der Waals surface area (Å²) < 4.78 is 6.29. The lowest BCUT2D eigenvalue weighted by Crippen LogP contribution is -2.21. The minimum Gasteiger partial charge on any atom is -0.383 e. The topological polar surface area (TPSA) is 21.3 Å². The summed E-state index contributed by atoms with van der Waals surface area (Å²) >= 11 is 2.32. The maximum absolute atomic E-state index is 5.05. The van der Waals surface area contributed by atoms with Crippen LogP contribution in [0.5, 0.6) is 0 Å². The Kier molecular flexibility index (Phi) is 4.52. The minimum absolute atomic E-state index is 0.348. The molecule has 13 heavy (non-hydrogen) atoms. The Bertz CT molecular complexity index is 265. The summed E-state index contributed by atoms with van der Waals surface area (Å²) in [6.07, 6.45) is 0. The third-order valence-electron chi connectivity index (χ3n) is 1.69. The van der Waals surface area contributed by atoms with E-state index < -0.39 is 0 Å². The van der Waals surface area contributed by atoms with Crippen LogP contribution in [0, 0.1) is 3.57 Å². The zero-order chi connectivity index (χ0) is 9.68. The van der Waals surface area contributed by atoms with Crippen LogP contribution in [0.15, 0.2) is 24.3 Å². The third kappa shape index (κ3) is 3.52.